The molecule has 1 aromatic carbocycles. The summed E-state index contributed by atoms with van der Waals surface area (Å²) >= 11 is 1.55. The molecule has 0 spiro atoms. The largest absolute Gasteiger partial charge is 0.466 e. The number of rotatable bonds is 13. The van der Waals surface area contributed by atoms with Crippen LogP contribution in [0.25, 0.3) is 0 Å². The zero-order chi connectivity index (χ0) is 29.8. The van der Waals surface area contributed by atoms with Crippen molar-refractivity contribution < 1.29 is 28.7 Å². The minimum absolute atomic E-state index is 0.0150. The number of amides is 3. The van der Waals surface area contributed by atoms with Gasteiger partial charge in [0.2, 0.25) is 11.8 Å². The fourth-order valence-corrected chi connectivity index (χ4v) is 4.40. The Morgan fingerprint density at radius 1 is 1.00 bits per heavy atom. The molecule has 10 heteroatoms. The van der Waals surface area contributed by atoms with Gasteiger partial charge in [-0.15, -0.1) is 0 Å². The summed E-state index contributed by atoms with van der Waals surface area (Å²) < 4.78 is 10.4. The van der Waals surface area contributed by atoms with Crippen LogP contribution in [0, 0.1) is 0 Å². The van der Waals surface area contributed by atoms with Crippen LogP contribution in [0.15, 0.2) is 24.3 Å². The Morgan fingerprint density at radius 2 is 1.62 bits per heavy atom. The summed E-state index contributed by atoms with van der Waals surface area (Å²) in [4.78, 5) is 53.9. The molecule has 2 unspecified atom stereocenters. The number of ether oxygens (including phenoxy) is 2. The number of benzene rings is 1. The van der Waals surface area contributed by atoms with Gasteiger partial charge in [0.15, 0.2) is 0 Å². The van der Waals surface area contributed by atoms with Gasteiger partial charge in [-0.05, 0) is 84.4 Å². The van der Waals surface area contributed by atoms with E-state index in [-0.39, 0.29) is 19.6 Å². The molecular formula is C29H47N3O6S. The zero-order valence-electron chi connectivity index (χ0n) is 25.0. The van der Waals surface area contributed by atoms with Gasteiger partial charge in [-0.1, -0.05) is 31.2 Å². The van der Waals surface area contributed by atoms with Crippen LogP contribution in [-0.4, -0.2) is 71.1 Å². The highest BCUT2D eigenvalue weighted by atomic mass is 32.2. The first-order valence-corrected chi connectivity index (χ1v) is 14.9. The molecule has 39 heavy (non-hydrogen) atoms. The molecule has 0 aliphatic rings. The second kappa shape index (κ2) is 15.7. The van der Waals surface area contributed by atoms with E-state index < -0.39 is 47.1 Å². The predicted octanol–water partition coefficient (Wildman–Crippen LogP) is 4.63. The smallest absolute Gasteiger partial charge is 0.408 e. The summed E-state index contributed by atoms with van der Waals surface area (Å²) in [6, 6.07) is 5.66. The lowest BCUT2D eigenvalue weighted by molar-refractivity contribution is -0.149. The Balaban J connectivity index is 3.47. The molecule has 0 aliphatic heterocycles. The monoisotopic (exact) mass is 565 g/mol. The number of aryl methyl sites for hydroxylation is 1. The highest BCUT2D eigenvalue weighted by Crippen LogP contribution is 2.31. The highest BCUT2D eigenvalue weighted by molar-refractivity contribution is 7.98. The molecule has 220 valence electrons. The van der Waals surface area contributed by atoms with E-state index in [0.717, 1.165) is 12.0 Å². The lowest BCUT2D eigenvalue weighted by atomic mass is 9.94. The molecule has 0 saturated heterocycles. The molecule has 0 aliphatic carbocycles. The Kier molecular flexibility index (Phi) is 13.8. The van der Waals surface area contributed by atoms with Gasteiger partial charge in [-0.3, -0.25) is 14.4 Å². The van der Waals surface area contributed by atoms with E-state index >= 15 is 0 Å². The summed E-state index contributed by atoms with van der Waals surface area (Å²) in [6.45, 7) is 14.9. The molecule has 0 bridgehead atoms. The minimum Gasteiger partial charge on any atom is -0.466 e. The first-order chi connectivity index (χ1) is 18.1. The molecule has 0 aromatic heterocycles. The Hall–Kier alpha value is -2.75. The van der Waals surface area contributed by atoms with Crippen LogP contribution in [-0.2, 0) is 30.3 Å². The van der Waals surface area contributed by atoms with Gasteiger partial charge in [0.25, 0.3) is 0 Å². The van der Waals surface area contributed by atoms with Gasteiger partial charge in [0, 0.05) is 12.1 Å². The number of hydrogen-bond acceptors (Lipinski definition) is 7. The average molecular weight is 566 g/mol. The molecule has 1 aromatic rings. The highest BCUT2D eigenvalue weighted by Gasteiger charge is 2.41. The SMILES string of the molecule is CCOC(=O)CCNC(=O)C(c1ccc(CC)cc1)N(C(=O)C(CCSC)NC(=O)OC(C)(C)C)C(C)(C)C. The van der Waals surface area contributed by atoms with Gasteiger partial charge < -0.3 is 25.0 Å². The number of alkyl carbamates (subject to hydrolysis) is 1. The maximum atomic E-state index is 14.2. The number of carbonyl (C=O) groups excluding carboxylic acids is 4. The molecule has 1 rings (SSSR count). The molecule has 0 radical (unpaired) electrons. The topological polar surface area (TPSA) is 114 Å². The van der Waals surface area contributed by atoms with E-state index in [1.165, 1.54) is 4.90 Å². The van der Waals surface area contributed by atoms with Crippen molar-refractivity contribution in [2.45, 2.75) is 97.9 Å². The number of esters is 1. The van der Waals surface area contributed by atoms with Crippen molar-refractivity contribution in [1.29, 1.82) is 0 Å². The number of carbonyl (C=O) groups is 4. The molecule has 3 amide bonds. The van der Waals surface area contributed by atoms with E-state index in [1.54, 1.807) is 39.5 Å². The van der Waals surface area contributed by atoms with Crippen LogP contribution in [0.1, 0.15) is 85.4 Å². The van der Waals surface area contributed by atoms with Crippen molar-refractivity contribution in [2.75, 3.05) is 25.2 Å². The van der Waals surface area contributed by atoms with Crippen LogP contribution < -0.4 is 10.6 Å². The Bertz CT molecular complexity index is 953. The first-order valence-electron chi connectivity index (χ1n) is 13.5. The number of hydrogen-bond donors (Lipinski definition) is 2. The Morgan fingerprint density at radius 3 is 2.10 bits per heavy atom. The molecule has 9 nitrogen and oxygen atoms in total. The molecule has 2 N–H and O–H groups in total. The number of thioether (sulfide) groups is 1. The van der Waals surface area contributed by atoms with Crippen molar-refractivity contribution in [1.82, 2.24) is 15.5 Å². The van der Waals surface area contributed by atoms with Crippen LogP contribution in [0.5, 0.6) is 0 Å². The molecule has 2 atom stereocenters. The van der Waals surface area contributed by atoms with Crippen LogP contribution in [0.3, 0.4) is 0 Å². The third-order valence-corrected chi connectivity index (χ3v) is 6.35. The quantitative estimate of drug-likeness (QED) is 0.335. The van der Waals surface area contributed by atoms with Crippen molar-refractivity contribution in [3.8, 4) is 0 Å². The predicted molar refractivity (Wildman–Crippen MR) is 156 cm³/mol. The Labute approximate surface area is 238 Å². The standard InChI is InChI=1S/C29H47N3O6S/c1-10-20-12-14-21(15-13-20)24(25(34)30-18-16-23(33)37-11-2)32(28(3,4)5)26(35)22(17-19-39-9)31-27(36)38-29(6,7)8/h12-15,22,24H,10-11,16-19H2,1-9H3,(H,30,34)(H,31,36). The van der Waals surface area contributed by atoms with Gasteiger partial charge >= 0.3 is 12.1 Å². The third kappa shape index (κ3) is 11.9. The molecule has 0 heterocycles. The summed E-state index contributed by atoms with van der Waals surface area (Å²) in [6.07, 6.45) is 2.43. The second-order valence-electron chi connectivity index (χ2n) is 11.2. The molecule has 0 fully saturated rings. The van der Waals surface area contributed by atoms with Crippen LogP contribution in [0.2, 0.25) is 0 Å². The summed E-state index contributed by atoms with van der Waals surface area (Å²) in [5.74, 6) is -0.615. The van der Waals surface area contributed by atoms with Crippen molar-refractivity contribution in [3.05, 3.63) is 35.4 Å². The van der Waals surface area contributed by atoms with E-state index in [2.05, 4.69) is 10.6 Å². The lowest BCUT2D eigenvalue weighted by Gasteiger charge is -2.43. The second-order valence-corrected chi connectivity index (χ2v) is 12.2. The minimum atomic E-state index is -0.997. The number of nitrogens with zero attached hydrogens (tertiary/aromatic N) is 1. The van der Waals surface area contributed by atoms with E-state index in [1.807, 2.05) is 58.2 Å². The summed E-state index contributed by atoms with van der Waals surface area (Å²) in [5, 5.41) is 5.55. The van der Waals surface area contributed by atoms with Crippen molar-refractivity contribution >= 4 is 35.6 Å². The van der Waals surface area contributed by atoms with Gasteiger partial charge in [0.1, 0.15) is 17.7 Å². The first kappa shape index (κ1) is 34.3. The average Bonchev–Trinajstić information content (AvgIpc) is 2.83. The van der Waals surface area contributed by atoms with E-state index in [4.69, 9.17) is 9.47 Å². The van der Waals surface area contributed by atoms with E-state index in [0.29, 0.717) is 17.7 Å². The van der Waals surface area contributed by atoms with Crippen LogP contribution in [0.4, 0.5) is 4.79 Å². The van der Waals surface area contributed by atoms with Gasteiger partial charge in [0.05, 0.1) is 13.0 Å². The maximum absolute atomic E-state index is 14.2. The summed E-state index contributed by atoms with van der Waals surface area (Å²) in [5.41, 5.74) is 0.198. The zero-order valence-corrected chi connectivity index (χ0v) is 25.8. The molecular weight excluding hydrogens is 518 g/mol. The maximum Gasteiger partial charge on any atom is 0.408 e. The van der Waals surface area contributed by atoms with Gasteiger partial charge in [-0.25, -0.2) is 4.79 Å². The van der Waals surface area contributed by atoms with Crippen molar-refractivity contribution in [3.63, 3.8) is 0 Å². The van der Waals surface area contributed by atoms with E-state index in [9.17, 15) is 19.2 Å². The normalized spacial score (nSPS) is 13.2. The lowest BCUT2D eigenvalue weighted by Crippen LogP contribution is -2.58. The fourth-order valence-electron chi connectivity index (χ4n) is 3.93. The number of nitrogens with one attached hydrogen (secondary N) is 2. The third-order valence-electron chi connectivity index (χ3n) is 5.70. The van der Waals surface area contributed by atoms with Crippen molar-refractivity contribution in [2.24, 2.45) is 0 Å². The van der Waals surface area contributed by atoms with Crippen LogP contribution >= 0.6 is 11.8 Å². The fraction of sp³-hybridized carbons (Fsp3) is 0.655. The van der Waals surface area contributed by atoms with Gasteiger partial charge in [-0.2, -0.15) is 11.8 Å². The summed E-state index contributed by atoms with van der Waals surface area (Å²) in [7, 11) is 0. The molecule has 0 saturated carbocycles.